The topological polar surface area (TPSA) is 55.8 Å². The Morgan fingerprint density at radius 2 is 1.70 bits per heavy atom. The van der Waals surface area contributed by atoms with Gasteiger partial charge >= 0.3 is 5.97 Å². The molecule has 192 valence electrons. The number of hydrogen-bond acceptors (Lipinski definition) is 4. The molecule has 0 amide bonds. The van der Waals surface area contributed by atoms with E-state index in [-0.39, 0.29) is 18.1 Å². The molecule has 0 bridgehead atoms. The minimum absolute atomic E-state index is 0.116. The van der Waals surface area contributed by atoms with E-state index in [1.54, 1.807) is 7.11 Å². The zero-order valence-electron chi connectivity index (χ0n) is 21.9. The van der Waals surface area contributed by atoms with Crippen molar-refractivity contribution >= 4 is 5.97 Å². The second-order valence-electron chi connectivity index (χ2n) is 11.0. The number of hydrogen-bond donors (Lipinski definition) is 1. The highest BCUT2D eigenvalue weighted by molar-refractivity contribution is 5.87. The molecule has 1 N–H and O–H groups in total. The first-order valence-electron chi connectivity index (χ1n) is 14.0. The summed E-state index contributed by atoms with van der Waals surface area (Å²) >= 11 is 0. The van der Waals surface area contributed by atoms with Gasteiger partial charge in [-0.2, -0.15) is 0 Å². The van der Waals surface area contributed by atoms with E-state index in [4.69, 9.17) is 14.6 Å². The zero-order valence-corrected chi connectivity index (χ0v) is 21.9. The predicted molar refractivity (Wildman–Crippen MR) is 136 cm³/mol. The molecule has 0 spiro atoms. The molecule has 2 aliphatic rings. The molecule has 0 aliphatic heterocycles. The van der Waals surface area contributed by atoms with Crippen molar-refractivity contribution in [2.45, 2.75) is 104 Å². The summed E-state index contributed by atoms with van der Waals surface area (Å²) in [5, 5.41) is 9.05. The predicted octanol–water partition coefficient (Wildman–Crippen LogP) is 6.95. The maximum atomic E-state index is 11.8. The number of unbranched alkanes of at least 4 members (excludes halogenated alkanes) is 2. The molecule has 0 heterocycles. The molecule has 0 aromatic rings. The molecular weight excluding hydrogens is 412 g/mol. The van der Waals surface area contributed by atoms with Crippen molar-refractivity contribution in [1.29, 1.82) is 0 Å². The third-order valence-corrected chi connectivity index (χ3v) is 8.76. The number of rotatable bonds is 15. The maximum Gasteiger partial charge on any atom is 0.335 e. The SMILES string of the molecule is C=C(CO)C(=O)OCC(CCC1CCC(C2CCC(CCCCC)CC2)CC1CC)COC. The van der Waals surface area contributed by atoms with Crippen LogP contribution in [0.4, 0.5) is 0 Å². The average Bonchev–Trinajstić information content (AvgIpc) is 2.85. The van der Waals surface area contributed by atoms with Gasteiger partial charge in [-0.15, -0.1) is 0 Å². The van der Waals surface area contributed by atoms with E-state index in [1.807, 2.05) is 0 Å². The van der Waals surface area contributed by atoms with Gasteiger partial charge < -0.3 is 14.6 Å². The number of carbonyl (C=O) groups is 1. The second kappa shape index (κ2) is 15.9. The lowest BCUT2D eigenvalue weighted by molar-refractivity contribution is -0.141. The Kier molecular flexibility index (Phi) is 13.7. The van der Waals surface area contributed by atoms with Crippen molar-refractivity contribution in [2.24, 2.45) is 35.5 Å². The largest absolute Gasteiger partial charge is 0.462 e. The van der Waals surface area contributed by atoms with Crippen LogP contribution in [0.2, 0.25) is 0 Å². The fraction of sp³-hybridized carbons (Fsp3) is 0.897. The molecule has 33 heavy (non-hydrogen) atoms. The summed E-state index contributed by atoms with van der Waals surface area (Å²) in [6.45, 7) is 8.83. The van der Waals surface area contributed by atoms with E-state index in [0.717, 1.165) is 36.0 Å². The van der Waals surface area contributed by atoms with Gasteiger partial charge in [0.25, 0.3) is 0 Å². The Balaban J connectivity index is 1.75. The Hall–Kier alpha value is -0.870. The number of carbonyl (C=O) groups excluding carboxylic acids is 1. The molecule has 4 unspecified atom stereocenters. The van der Waals surface area contributed by atoms with Crippen LogP contribution in [0.15, 0.2) is 12.2 Å². The summed E-state index contributed by atoms with van der Waals surface area (Å²) in [6, 6.07) is 0. The van der Waals surface area contributed by atoms with E-state index in [0.29, 0.717) is 13.2 Å². The van der Waals surface area contributed by atoms with E-state index >= 15 is 0 Å². The first-order chi connectivity index (χ1) is 16.0. The molecule has 4 heteroatoms. The van der Waals surface area contributed by atoms with E-state index in [1.165, 1.54) is 83.5 Å². The highest BCUT2D eigenvalue weighted by atomic mass is 16.5. The lowest BCUT2D eigenvalue weighted by Crippen LogP contribution is -2.31. The molecular formula is C29H52O4. The third-order valence-electron chi connectivity index (χ3n) is 8.76. The van der Waals surface area contributed by atoms with E-state index in [2.05, 4.69) is 20.4 Å². The van der Waals surface area contributed by atoms with Crippen molar-refractivity contribution < 1.29 is 19.4 Å². The first kappa shape index (κ1) is 28.4. The van der Waals surface area contributed by atoms with Crippen LogP contribution >= 0.6 is 0 Å². The zero-order chi connectivity index (χ0) is 24.1. The van der Waals surface area contributed by atoms with Crippen LogP contribution in [-0.4, -0.2) is 38.0 Å². The first-order valence-corrected chi connectivity index (χ1v) is 14.0. The maximum absolute atomic E-state index is 11.8. The van der Waals surface area contributed by atoms with Crippen LogP contribution in [0.5, 0.6) is 0 Å². The van der Waals surface area contributed by atoms with Crippen LogP contribution < -0.4 is 0 Å². The monoisotopic (exact) mass is 464 g/mol. The molecule has 0 aromatic heterocycles. The van der Waals surface area contributed by atoms with Crippen LogP contribution in [-0.2, 0) is 14.3 Å². The lowest BCUT2D eigenvalue weighted by atomic mass is 9.64. The van der Waals surface area contributed by atoms with Gasteiger partial charge in [0, 0.05) is 13.0 Å². The summed E-state index contributed by atoms with van der Waals surface area (Å²) in [6.07, 6.45) is 19.3. The van der Waals surface area contributed by atoms with Gasteiger partial charge in [0.15, 0.2) is 0 Å². The quantitative estimate of drug-likeness (QED) is 0.162. The average molecular weight is 465 g/mol. The fourth-order valence-corrected chi connectivity index (χ4v) is 6.56. The van der Waals surface area contributed by atoms with Crippen LogP contribution in [0.1, 0.15) is 104 Å². The molecule has 2 fully saturated rings. The van der Waals surface area contributed by atoms with Gasteiger partial charge in [-0.05, 0) is 74.5 Å². The Morgan fingerprint density at radius 1 is 0.970 bits per heavy atom. The standard InChI is InChI=1S/C29H52O4/c1-5-7-8-9-23-10-13-27(14-11-23)28-17-16-26(25(6-2)18-28)15-12-24(20-32-4)21-33-29(31)22(3)19-30/h23-28,30H,3,5-21H2,1-2,4H3. The van der Waals surface area contributed by atoms with Gasteiger partial charge in [-0.25, -0.2) is 4.79 Å². The van der Waals surface area contributed by atoms with Crippen LogP contribution in [0.3, 0.4) is 0 Å². The molecule has 4 nitrogen and oxygen atoms in total. The number of methoxy groups -OCH3 is 1. The van der Waals surface area contributed by atoms with Gasteiger partial charge in [-0.3, -0.25) is 0 Å². The molecule has 2 saturated carbocycles. The molecule has 2 rings (SSSR count). The molecule has 4 atom stereocenters. The molecule has 0 aromatic carbocycles. The summed E-state index contributed by atoms with van der Waals surface area (Å²) in [4.78, 5) is 11.8. The van der Waals surface area contributed by atoms with Gasteiger partial charge in [0.2, 0.25) is 0 Å². The lowest BCUT2D eigenvalue weighted by Gasteiger charge is -2.42. The van der Waals surface area contributed by atoms with Gasteiger partial charge in [0.1, 0.15) is 0 Å². The molecule has 0 saturated heterocycles. The number of aliphatic hydroxyl groups is 1. The van der Waals surface area contributed by atoms with Crippen molar-refractivity contribution in [3.63, 3.8) is 0 Å². The Labute approximate surface area is 203 Å². The fourth-order valence-electron chi connectivity index (χ4n) is 6.56. The van der Waals surface area contributed by atoms with Crippen molar-refractivity contribution in [1.82, 2.24) is 0 Å². The summed E-state index contributed by atoms with van der Waals surface area (Å²) in [7, 11) is 1.71. The number of esters is 1. The van der Waals surface area contributed by atoms with Gasteiger partial charge in [0.05, 0.1) is 25.4 Å². The Morgan fingerprint density at radius 3 is 2.33 bits per heavy atom. The highest BCUT2D eigenvalue weighted by Gasteiger charge is 2.35. The molecule has 2 aliphatic carbocycles. The number of ether oxygens (including phenoxy) is 2. The number of aliphatic hydroxyl groups excluding tert-OH is 1. The Bertz CT molecular complexity index is 552. The van der Waals surface area contributed by atoms with Crippen molar-refractivity contribution in [3.8, 4) is 0 Å². The van der Waals surface area contributed by atoms with E-state index < -0.39 is 5.97 Å². The molecule has 0 radical (unpaired) electrons. The van der Waals surface area contributed by atoms with Crippen molar-refractivity contribution in [2.75, 3.05) is 26.9 Å². The minimum Gasteiger partial charge on any atom is -0.462 e. The highest BCUT2D eigenvalue weighted by Crippen LogP contribution is 2.46. The van der Waals surface area contributed by atoms with Crippen molar-refractivity contribution in [3.05, 3.63) is 12.2 Å². The third kappa shape index (κ3) is 9.72. The van der Waals surface area contributed by atoms with Crippen LogP contribution in [0.25, 0.3) is 0 Å². The summed E-state index contributed by atoms with van der Waals surface area (Å²) < 4.78 is 10.7. The normalized spacial score (nSPS) is 28.9. The second-order valence-corrected chi connectivity index (χ2v) is 11.0. The van der Waals surface area contributed by atoms with E-state index in [9.17, 15) is 4.79 Å². The van der Waals surface area contributed by atoms with Crippen LogP contribution in [0, 0.1) is 35.5 Å². The summed E-state index contributed by atoms with van der Waals surface area (Å²) in [5.74, 6) is 4.28. The smallest absolute Gasteiger partial charge is 0.335 e. The summed E-state index contributed by atoms with van der Waals surface area (Å²) in [5.41, 5.74) is 0.116. The van der Waals surface area contributed by atoms with Gasteiger partial charge in [-0.1, -0.05) is 65.4 Å². The minimum atomic E-state index is -0.495.